The minimum Gasteiger partial charge on any atom is -0.361 e. The Hall–Kier alpha value is -2.18. The fourth-order valence-electron chi connectivity index (χ4n) is 3.12. The summed E-state index contributed by atoms with van der Waals surface area (Å²) in [5.74, 6) is 1.19. The van der Waals surface area contributed by atoms with Crippen LogP contribution in [0.4, 0.5) is 0 Å². The van der Waals surface area contributed by atoms with Crippen LogP contribution in [-0.4, -0.2) is 44.0 Å². The molecule has 7 heteroatoms. The maximum absolute atomic E-state index is 12.6. The van der Waals surface area contributed by atoms with Crippen LogP contribution in [0.5, 0.6) is 0 Å². The minimum absolute atomic E-state index is 0.00119. The van der Waals surface area contributed by atoms with E-state index in [1.54, 1.807) is 13.8 Å². The summed E-state index contributed by atoms with van der Waals surface area (Å²) in [5.41, 5.74) is 2.34. The van der Waals surface area contributed by atoms with Crippen LogP contribution in [0.2, 0.25) is 0 Å². The zero-order valence-corrected chi connectivity index (χ0v) is 12.8. The van der Waals surface area contributed by atoms with E-state index in [0.29, 0.717) is 29.5 Å². The zero-order valence-electron chi connectivity index (χ0n) is 12.8. The Morgan fingerprint density at radius 2 is 2.14 bits per heavy atom. The van der Waals surface area contributed by atoms with E-state index in [9.17, 15) is 4.79 Å². The number of hydrogen-bond acceptors (Lipinski definition) is 5. The van der Waals surface area contributed by atoms with Crippen molar-refractivity contribution in [2.45, 2.75) is 45.1 Å². The molecule has 0 spiro atoms. The van der Waals surface area contributed by atoms with Crippen LogP contribution in [-0.2, 0) is 0 Å². The van der Waals surface area contributed by atoms with Crippen LogP contribution < -0.4 is 0 Å². The molecule has 0 bridgehead atoms. The van der Waals surface area contributed by atoms with Crippen molar-refractivity contribution in [2.24, 2.45) is 0 Å². The highest BCUT2D eigenvalue weighted by atomic mass is 16.5. The van der Waals surface area contributed by atoms with E-state index in [4.69, 9.17) is 4.52 Å². The van der Waals surface area contributed by atoms with E-state index in [2.05, 4.69) is 15.5 Å². The van der Waals surface area contributed by atoms with Crippen LogP contribution in [0, 0.1) is 13.8 Å². The predicted octanol–water partition coefficient (Wildman–Crippen LogP) is 1.85. The van der Waals surface area contributed by atoms with Crippen molar-refractivity contribution < 1.29 is 9.32 Å². The van der Waals surface area contributed by atoms with Crippen molar-refractivity contribution in [1.29, 1.82) is 0 Å². The Kier molecular flexibility index (Phi) is 3.02. The molecule has 2 fully saturated rings. The first-order valence-corrected chi connectivity index (χ1v) is 7.77. The molecule has 2 aromatic rings. The number of aromatic nitrogens is 4. The first kappa shape index (κ1) is 13.5. The topological polar surface area (TPSA) is 77.0 Å². The molecule has 3 heterocycles. The molecule has 2 aromatic heterocycles. The molecule has 0 aromatic carbocycles. The van der Waals surface area contributed by atoms with Crippen molar-refractivity contribution in [3.05, 3.63) is 28.9 Å². The van der Waals surface area contributed by atoms with Crippen LogP contribution >= 0.6 is 0 Å². The third-order valence-electron chi connectivity index (χ3n) is 4.60. The van der Waals surface area contributed by atoms with Crippen molar-refractivity contribution in [3.63, 3.8) is 0 Å². The number of nitrogens with zero attached hydrogens (tertiary/aromatic N) is 5. The van der Waals surface area contributed by atoms with Crippen molar-refractivity contribution in [3.8, 4) is 0 Å². The Bertz CT molecular complexity index is 696. The van der Waals surface area contributed by atoms with Gasteiger partial charge in [-0.3, -0.25) is 4.79 Å². The number of hydrogen-bond donors (Lipinski definition) is 0. The Balaban J connectivity index is 1.48. The molecule has 1 atom stereocenters. The van der Waals surface area contributed by atoms with Gasteiger partial charge in [-0.1, -0.05) is 10.4 Å². The molecule has 1 unspecified atom stereocenters. The predicted molar refractivity (Wildman–Crippen MR) is 77.5 cm³/mol. The lowest BCUT2D eigenvalue weighted by Gasteiger charge is -2.16. The maximum Gasteiger partial charge on any atom is 0.259 e. The molecule has 1 saturated carbocycles. The standard InChI is InChI=1S/C15H19N5O2/c1-9-14(10(2)22-17-9)15(21)19-6-5-12(7-19)20-8-13(16-18-20)11-3-4-11/h8,11-12H,3-7H2,1-2H3. The van der Waals surface area contributed by atoms with Crippen LogP contribution in [0.15, 0.2) is 10.7 Å². The molecule has 7 nitrogen and oxygen atoms in total. The highest BCUT2D eigenvalue weighted by Gasteiger charge is 2.33. The van der Waals surface area contributed by atoms with Crippen molar-refractivity contribution >= 4 is 5.91 Å². The van der Waals surface area contributed by atoms with E-state index in [-0.39, 0.29) is 11.9 Å². The number of amides is 1. The molecule has 0 N–H and O–H groups in total. The number of carbonyl (C=O) groups excluding carboxylic acids is 1. The summed E-state index contributed by atoms with van der Waals surface area (Å²) in [6.45, 7) is 4.97. The highest BCUT2D eigenvalue weighted by Crippen LogP contribution is 2.39. The molecule has 116 valence electrons. The molecular weight excluding hydrogens is 282 g/mol. The Morgan fingerprint density at radius 3 is 2.82 bits per heavy atom. The van der Waals surface area contributed by atoms with E-state index < -0.39 is 0 Å². The van der Waals surface area contributed by atoms with Crippen LogP contribution in [0.1, 0.15) is 58.7 Å². The van der Waals surface area contributed by atoms with Crippen LogP contribution in [0.25, 0.3) is 0 Å². The van der Waals surface area contributed by atoms with Gasteiger partial charge in [0.15, 0.2) is 0 Å². The molecule has 0 radical (unpaired) electrons. The number of carbonyl (C=O) groups is 1. The summed E-state index contributed by atoms with van der Waals surface area (Å²) in [7, 11) is 0. The third kappa shape index (κ3) is 2.20. The Morgan fingerprint density at radius 1 is 1.32 bits per heavy atom. The second kappa shape index (κ2) is 4.93. The van der Waals surface area contributed by atoms with E-state index >= 15 is 0 Å². The molecule has 1 amide bonds. The SMILES string of the molecule is Cc1noc(C)c1C(=O)N1CCC(n2cc(C3CC3)nn2)C1. The smallest absolute Gasteiger partial charge is 0.259 e. The van der Waals surface area contributed by atoms with E-state index in [1.165, 1.54) is 12.8 Å². The average Bonchev–Trinajstić information content (AvgIpc) is 2.93. The number of rotatable bonds is 3. The van der Waals surface area contributed by atoms with Crippen molar-refractivity contribution in [2.75, 3.05) is 13.1 Å². The van der Waals surface area contributed by atoms with Gasteiger partial charge in [0.05, 0.1) is 17.4 Å². The molecule has 1 aliphatic heterocycles. The number of likely N-dealkylation sites (tertiary alicyclic amines) is 1. The van der Waals surface area contributed by atoms with Gasteiger partial charge in [-0.15, -0.1) is 5.10 Å². The summed E-state index contributed by atoms with van der Waals surface area (Å²) in [6.07, 6.45) is 5.40. The van der Waals surface area contributed by atoms with E-state index in [0.717, 1.165) is 18.7 Å². The van der Waals surface area contributed by atoms with Crippen molar-refractivity contribution in [1.82, 2.24) is 25.1 Å². The van der Waals surface area contributed by atoms with Gasteiger partial charge >= 0.3 is 0 Å². The molecule has 2 aliphatic rings. The lowest BCUT2D eigenvalue weighted by Crippen LogP contribution is -2.30. The highest BCUT2D eigenvalue weighted by molar-refractivity contribution is 5.96. The second-order valence-corrected chi connectivity index (χ2v) is 6.29. The summed E-state index contributed by atoms with van der Waals surface area (Å²) < 4.78 is 7.02. The lowest BCUT2D eigenvalue weighted by atomic mass is 10.2. The summed E-state index contributed by atoms with van der Waals surface area (Å²) in [4.78, 5) is 14.5. The normalized spacial score (nSPS) is 21.5. The average molecular weight is 301 g/mol. The Labute approximate surface area is 128 Å². The second-order valence-electron chi connectivity index (χ2n) is 6.29. The maximum atomic E-state index is 12.6. The van der Waals surface area contributed by atoms with Gasteiger partial charge in [0, 0.05) is 25.2 Å². The lowest BCUT2D eigenvalue weighted by molar-refractivity contribution is 0.0784. The van der Waals surface area contributed by atoms with Gasteiger partial charge in [0.2, 0.25) is 0 Å². The summed E-state index contributed by atoms with van der Waals surface area (Å²) in [5, 5.41) is 12.4. The van der Waals surface area contributed by atoms with Gasteiger partial charge in [-0.25, -0.2) is 4.68 Å². The zero-order chi connectivity index (χ0) is 15.3. The summed E-state index contributed by atoms with van der Waals surface area (Å²) in [6, 6.07) is 0.212. The molecule has 1 aliphatic carbocycles. The third-order valence-corrected chi connectivity index (χ3v) is 4.60. The fourth-order valence-corrected chi connectivity index (χ4v) is 3.12. The molecular formula is C15H19N5O2. The van der Waals surface area contributed by atoms with Crippen LogP contribution in [0.3, 0.4) is 0 Å². The summed E-state index contributed by atoms with van der Waals surface area (Å²) >= 11 is 0. The monoisotopic (exact) mass is 301 g/mol. The van der Waals surface area contributed by atoms with Gasteiger partial charge in [-0.05, 0) is 33.1 Å². The largest absolute Gasteiger partial charge is 0.361 e. The first-order valence-electron chi connectivity index (χ1n) is 7.77. The fraction of sp³-hybridized carbons (Fsp3) is 0.600. The molecule has 4 rings (SSSR count). The molecule has 22 heavy (non-hydrogen) atoms. The quantitative estimate of drug-likeness (QED) is 0.864. The van der Waals surface area contributed by atoms with Gasteiger partial charge in [0.25, 0.3) is 5.91 Å². The number of aryl methyl sites for hydroxylation is 2. The molecule has 1 saturated heterocycles. The van der Waals surface area contributed by atoms with Gasteiger partial charge in [0.1, 0.15) is 11.3 Å². The van der Waals surface area contributed by atoms with E-state index in [1.807, 2.05) is 15.8 Å². The van der Waals surface area contributed by atoms with Gasteiger partial charge in [-0.2, -0.15) is 0 Å². The van der Waals surface area contributed by atoms with Gasteiger partial charge < -0.3 is 9.42 Å². The first-order chi connectivity index (χ1) is 10.6. The minimum atomic E-state index is 0.00119.